The maximum atomic E-state index is 12.4. The SMILES string of the molecule is CC(=O)N1CCCN(C(C)C(=O)NCC2CCCCC2)CC1. The predicted molar refractivity (Wildman–Crippen MR) is 87.5 cm³/mol. The molecule has 0 aromatic rings. The van der Waals surface area contributed by atoms with Crippen LogP contribution in [0.2, 0.25) is 0 Å². The van der Waals surface area contributed by atoms with E-state index in [1.807, 2.05) is 11.8 Å². The number of hydrogen-bond donors (Lipinski definition) is 1. The fraction of sp³-hybridized carbons (Fsp3) is 0.882. The molecule has 126 valence electrons. The highest BCUT2D eigenvalue weighted by Gasteiger charge is 2.25. The van der Waals surface area contributed by atoms with E-state index in [0.29, 0.717) is 5.92 Å². The van der Waals surface area contributed by atoms with Crippen LogP contribution in [0.1, 0.15) is 52.4 Å². The molecular formula is C17H31N3O2. The van der Waals surface area contributed by atoms with Gasteiger partial charge in [0, 0.05) is 39.6 Å². The molecule has 0 aromatic heterocycles. The molecule has 22 heavy (non-hydrogen) atoms. The summed E-state index contributed by atoms with van der Waals surface area (Å²) in [6, 6.07) is -0.101. The zero-order valence-electron chi connectivity index (χ0n) is 14.1. The van der Waals surface area contributed by atoms with Crippen LogP contribution in [-0.2, 0) is 9.59 Å². The number of hydrogen-bond acceptors (Lipinski definition) is 3. The first-order valence-corrected chi connectivity index (χ1v) is 8.85. The Hall–Kier alpha value is -1.10. The molecule has 1 unspecified atom stereocenters. The summed E-state index contributed by atoms with van der Waals surface area (Å²) in [5.74, 6) is 0.945. The molecule has 2 rings (SSSR count). The molecule has 2 amide bonds. The summed E-state index contributed by atoms with van der Waals surface area (Å²) in [5.41, 5.74) is 0. The molecule has 1 aliphatic heterocycles. The van der Waals surface area contributed by atoms with Gasteiger partial charge in [-0.15, -0.1) is 0 Å². The van der Waals surface area contributed by atoms with Crippen molar-refractivity contribution in [2.24, 2.45) is 5.92 Å². The Morgan fingerprint density at radius 3 is 2.45 bits per heavy atom. The normalized spacial score (nSPS) is 22.9. The third kappa shape index (κ3) is 4.97. The first kappa shape index (κ1) is 17.3. The molecule has 5 heteroatoms. The summed E-state index contributed by atoms with van der Waals surface area (Å²) in [6.07, 6.45) is 7.42. The van der Waals surface area contributed by atoms with Crippen LogP contribution >= 0.6 is 0 Å². The molecule has 1 saturated carbocycles. The zero-order valence-corrected chi connectivity index (χ0v) is 14.1. The van der Waals surface area contributed by atoms with Crippen LogP contribution < -0.4 is 5.32 Å². The van der Waals surface area contributed by atoms with Crippen molar-refractivity contribution < 1.29 is 9.59 Å². The van der Waals surface area contributed by atoms with Gasteiger partial charge in [0.2, 0.25) is 11.8 Å². The van der Waals surface area contributed by atoms with E-state index in [9.17, 15) is 9.59 Å². The Labute approximate surface area is 134 Å². The van der Waals surface area contributed by atoms with E-state index in [2.05, 4.69) is 10.2 Å². The highest BCUT2D eigenvalue weighted by Crippen LogP contribution is 2.22. The summed E-state index contributed by atoms with van der Waals surface area (Å²) in [6.45, 7) is 7.66. The second kappa shape index (κ2) is 8.51. The van der Waals surface area contributed by atoms with Gasteiger partial charge >= 0.3 is 0 Å². The molecule has 1 N–H and O–H groups in total. The van der Waals surface area contributed by atoms with Gasteiger partial charge in [0.25, 0.3) is 0 Å². The predicted octanol–water partition coefficient (Wildman–Crippen LogP) is 1.63. The maximum Gasteiger partial charge on any atom is 0.237 e. The Bertz CT molecular complexity index is 380. The van der Waals surface area contributed by atoms with Crippen LogP contribution in [0.4, 0.5) is 0 Å². The summed E-state index contributed by atoms with van der Waals surface area (Å²) >= 11 is 0. The van der Waals surface area contributed by atoms with Crippen LogP contribution in [-0.4, -0.2) is 60.4 Å². The summed E-state index contributed by atoms with van der Waals surface area (Å²) in [7, 11) is 0. The van der Waals surface area contributed by atoms with E-state index in [1.54, 1.807) is 6.92 Å². The lowest BCUT2D eigenvalue weighted by atomic mass is 9.89. The van der Waals surface area contributed by atoms with Crippen molar-refractivity contribution in [1.29, 1.82) is 0 Å². The largest absolute Gasteiger partial charge is 0.354 e. The van der Waals surface area contributed by atoms with Gasteiger partial charge in [-0.2, -0.15) is 0 Å². The average Bonchev–Trinajstić information content (AvgIpc) is 2.79. The maximum absolute atomic E-state index is 12.4. The number of nitrogens with one attached hydrogen (secondary N) is 1. The molecule has 2 fully saturated rings. The topological polar surface area (TPSA) is 52.7 Å². The van der Waals surface area contributed by atoms with E-state index in [1.165, 1.54) is 32.1 Å². The fourth-order valence-corrected chi connectivity index (χ4v) is 3.59. The first-order valence-electron chi connectivity index (χ1n) is 8.85. The lowest BCUT2D eigenvalue weighted by Gasteiger charge is -2.28. The van der Waals surface area contributed by atoms with Gasteiger partial charge in [-0.05, 0) is 32.1 Å². The molecular weight excluding hydrogens is 278 g/mol. The molecule has 2 aliphatic rings. The Morgan fingerprint density at radius 1 is 1.05 bits per heavy atom. The van der Waals surface area contributed by atoms with Crippen molar-refractivity contribution in [3.05, 3.63) is 0 Å². The minimum Gasteiger partial charge on any atom is -0.354 e. The monoisotopic (exact) mass is 309 g/mol. The van der Waals surface area contributed by atoms with Crippen LogP contribution in [0.3, 0.4) is 0 Å². The molecule has 0 aromatic carbocycles. The number of carbonyl (C=O) groups excluding carboxylic acids is 2. The van der Waals surface area contributed by atoms with Gasteiger partial charge in [0.15, 0.2) is 0 Å². The summed E-state index contributed by atoms with van der Waals surface area (Å²) in [5, 5.41) is 3.14. The molecule has 1 saturated heterocycles. The van der Waals surface area contributed by atoms with E-state index in [4.69, 9.17) is 0 Å². The molecule has 0 bridgehead atoms. The van der Waals surface area contributed by atoms with Crippen molar-refractivity contribution in [1.82, 2.24) is 15.1 Å². The number of nitrogens with zero attached hydrogens (tertiary/aromatic N) is 2. The Morgan fingerprint density at radius 2 is 1.77 bits per heavy atom. The van der Waals surface area contributed by atoms with Crippen LogP contribution in [0, 0.1) is 5.92 Å². The first-order chi connectivity index (χ1) is 10.6. The number of carbonyl (C=O) groups is 2. The van der Waals surface area contributed by atoms with Crippen molar-refractivity contribution in [2.45, 2.75) is 58.4 Å². The minimum absolute atomic E-state index is 0.101. The third-order valence-electron chi connectivity index (χ3n) is 5.19. The van der Waals surface area contributed by atoms with E-state index in [-0.39, 0.29) is 17.9 Å². The van der Waals surface area contributed by atoms with E-state index < -0.39 is 0 Å². The zero-order chi connectivity index (χ0) is 15.9. The Balaban J connectivity index is 1.75. The summed E-state index contributed by atoms with van der Waals surface area (Å²) < 4.78 is 0. The minimum atomic E-state index is -0.101. The number of rotatable bonds is 4. The highest BCUT2D eigenvalue weighted by atomic mass is 16.2. The quantitative estimate of drug-likeness (QED) is 0.859. The van der Waals surface area contributed by atoms with Crippen LogP contribution in [0.5, 0.6) is 0 Å². The van der Waals surface area contributed by atoms with E-state index >= 15 is 0 Å². The fourth-order valence-electron chi connectivity index (χ4n) is 3.59. The second-order valence-electron chi connectivity index (χ2n) is 6.82. The van der Waals surface area contributed by atoms with Crippen molar-refractivity contribution >= 4 is 11.8 Å². The van der Waals surface area contributed by atoms with Gasteiger partial charge in [-0.25, -0.2) is 0 Å². The van der Waals surface area contributed by atoms with Gasteiger partial charge in [0.05, 0.1) is 6.04 Å². The third-order valence-corrected chi connectivity index (χ3v) is 5.19. The Kier molecular flexibility index (Phi) is 6.68. The highest BCUT2D eigenvalue weighted by molar-refractivity contribution is 5.81. The van der Waals surface area contributed by atoms with Gasteiger partial charge < -0.3 is 10.2 Å². The average molecular weight is 309 g/mol. The molecule has 1 aliphatic carbocycles. The van der Waals surface area contributed by atoms with Gasteiger partial charge in [-0.3, -0.25) is 14.5 Å². The standard InChI is InChI=1S/C17H31N3O2/c1-14(17(22)18-13-16-7-4-3-5-8-16)19-9-6-10-20(12-11-19)15(2)21/h14,16H,3-13H2,1-2H3,(H,18,22). The summed E-state index contributed by atoms with van der Waals surface area (Å²) in [4.78, 5) is 27.9. The lowest BCUT2D eigenvalue weighted by molar-refractivity contribution is -0.128. The second-order valence-corrected chi connectivity index (χ2v) is 6.82. The number of amides is 2. The van der Waals surface area contributed by atoms with Crippen molar-refractivity contribution in [3.8, 4) is 0 Å². The van der Waals surface area contributed by atoms with Crippen LogP contribution in [0.15, 0.2) is 0 Å². The van der Waals surface area contributed by atoms with Crippen LogP contribution in [0.25, 0.3) is 0 Å². The van der Waals surface area contributed by atoms with Gasteiger partial charge in [-0.1, -0.05) is 19.3 Å². The molecule has 1 heterocycles. The van der Waals surface area contributed by atoms with Crippen molar-refractivity contribution in [3.63, 3.8) is 0 Å². The molecule has 1 atom stereocenters. The van der Waals surface area contributed by atoms with Gasteiger partial charge in [0.1, 0.15) is 0 Å². The molecule has 5 nitrogen and oxygen atoms in total. The molecule has 0 radical (unpaired) electrons. The van der Waals surface area contributed by atoms with Crippen molar-refractivity contribution in [2.75, 3.05) is 32.7 Å². The van der Waals surface area contributed by atoms with E-state index in [0.717, 1.165) is 39.1 Å². The lowest BCUT2D eigenvalue weighted by Crippen LogP contribution is -2.47. The molecule has 0 spiro atoms. The smallest absolute Gasteiger partial charge is 0.237 e.